The van der Waals surface area contributed by atoms with E-state index < -0.39 is 5.60 Å². The van der Waals surface area contributed by atoms with Crippen molar-refractivity contribution in [2.45, 2.75) is 37.3 Å². The lowest BCUT2D eigenvalue weighted by Crippen LogP contribution is -2.38. The van der Waals surface area contributed by atoms with Crippen molar-refractivity contribution in [3.63, 3.8) is 0 Å². The molecule has 17 heavy (non-hydrogen) atoms. The van der Waals surface area contributed by atoms with Crippen LogP contribution in [0.15, 0.2) is 24.3 Å². The molecule has 1 saturated carbocycles. The van der Waals surface area contributed by atoms with Gasteiger partial charge in [0.25, 0.3) is 0 Å². The maximum absolute atomic E-state index is 10.8. The van der Waals surface area contributed by atoms with E-state index in [1.54, 1.807) is 7.11 Å². The Balaban J connectivity index is 2.21. The summed E-state index contributed by atoms with van der Waals surface area (Å²) in [7, 11) is 3.64. The third-order valence-electron chi connectivity index (χ3n) is 3.83. The molecule has 0 saturated heterocycles. The number of rotatable bonds is 3. The SMILES string of the molecule is CNC1CCC(O)(c2ccccc2OC)CC1. The van der Waals surface area contributed by atoms with Crippen LogP contribution >= 0.6 is 0 Å². The molecule has 1 aromatic rings. The third-order valence-corrected chi connectivity index (χ3v) is 3.83. The Morgan fingerprint density at radius 3 is 2.53 bits per heavy atom. The molecule has 0 unspecified atom stereocenters. The van der Waals surface area contributed by atoms with Crippen LogP contribution in [-0.2, 0) is 5.60 Å². The first-order chi connectivity index (χ1) is 8.19. The lowest BCUT2D eigenvalue weighted by atomic mass is 9.77. The average molecular weight is 235 g/mol. The number of ether oxygens (including phenoxy) is 1. The lowest BCUT2D eigenvalue weighted by molar-refractivity contribution is -0.00946. The van der Waals surface area contributed by atoms with E-state index in [-0.39, 0.29) is 0 Å². The Labute approximate surface area is 103 Å². The highest BCUT2D eigenvalue weighted by Gasteiger charge is 2.36. The van der Waals surface area contributed by atoms with E-state index in [0.29, 0.717) is 6.04 Å². The van der Waals surface area contributed by atoms with Crippen LogP contribution < -0.4 is 10.1 Å². The van der Waals surface area contributed by atoms with E-state index in [4.69, 9.17) is 4.74 Å². The smallest absolute Gasteiger partial charge is 0.124 e. The van der Waals surface area contributed by atoms with E-state index in [0.717, 1.165) is 37.0 Å². The van der Waals surface area contributed by atoms with Crippen LogP contribution in [0.2, 0.25) is 0 Å². The first kappa shape index (κ1) is 12.4. The quantitative estimate of drug-likeness (QED) is 0.842. The average Bonchev–Trinajstić information content (AvgIpc) is 2.39. The fourth-order valence-electron chi connectivity index (χ4n) is 2.68. The number of para-hydroxylation sites is 1. The van der Waals surface area contributed by atoms with Crippen molar-refractivity contribution in [2.24, 2.45) is 0 Å². The number of methoxy groups -OCH3 is 1. The molecule has 0 aliphatic heterocycles. The van der Waals surface area contributed by atoms with Crippen molar-refractivity contribution in [1.29, 1.82) is 0 Å². The first-order valence-electron chi connectivity index (χ1n) is 6.23. The fourth-order valence-corrected chi connectivity index (χ4v) is 2.68. The molecule has 3 nitrogen and oxygen atoms in total. The molecule has 1 aromatic carbocycles. The zero-order valence-electron chi connectivity index (χ0n) is 10.6. The van der Waals surface area contributed by atoms with Gasteiger partial charge in [-0.3, -0.25) is 0 Å². The van der Waals surface area contributed by atoms with Gasteiger partial charge in [0.05, 0.1) is 12.7 Å². The third kappa shape index (κ3) is 2.45. The van der Waals surface area contributed by atoms with Gasteiger partial charge in [0.1, 0.15) is 5.75 Å². The van der Waals surface area contributed by atoms with Gasteiger partial charge in [0.2, 0.25) is 0 Å². The summed E-state index contributed by atoms with van der Waals surface area (Å²) < 4.78 is 5.34. The Morgan fingerprint density at radius 1 is 1.29 bits per heavy atom. The van der Waals surface area contributed by atoms with Crippen molar-refractivity contribution in [2.75, 3.05) is 14.2 Å². The summed E-state index contributed by atoms with van der Waals surface area (Å²) in [6.45, 7) is 0. The minimum absolute atomic E-state index is 0.532. The molecule has 0 heterocycles. The van der Waals surface area contributed by atoms with Crippen LogP contribution in [0.1, 0.15) is 31.2 Å². The second-order valence-electron chi connectivity index (χ2n) is 4.79. The highest BCUT2D eigenvalue weighted by atomic mass is 16.5. The van der Waals surface area contributed by atoms with Gasteiger partial charge < -0.3 is 15.2 Å². The molecule has 0 aromatic heterocycles. The molecule has 1 aliphatic carbocycles. The Bertz CT molecular complexity index is 370. The second kappa shape index (κ2) is 5.07. The fraction of sp³-hybridized carbons (Fsp3) is 0.571. The zero-order chi connectivity index (χ0) is 12.3. The maximum atomic E-state index is 10.8. The Morgan fingerprint density at radius 2 is 1.94 bits per heavy atom. The number of hydrogen-bond acceptors (Lipinski definition) is 3. The maximum Gasteiger partial charge on any atom is 0.124 e. The summed E-state index contributed by atoms with van der Waals surface area (Å²) in [5.74, 6) is 0.790. The van der Waals surface area contributed by atoms with E-state index in [1.165, 1.54) is 0 Å². The molecule has 0 atom stereocenters. The van der Waals surface area contributed by atoms with Gasteiger partial charge in [0, 0.05) is 11.6 Å². The topological polar surface area (TPSA) is 41.5 Å². The van der Waals surface area contributed by atoms with Gasteiger partial charge in [-0.25, -0.2) is 0 Å². The normalized spacial score (nSPS) is 29.0. The molecule has 2 N–H and O–H groups in total. The van der Waals surface area contributed by atoms with E-state index in [2.05, 4.69) is 5.32 Å². The standard InChI is InChI=1S/C14H21NO2/c1-15-11-7-9-14(16,10-8-11)12-5-3-4-6-13(12)17-2/h3-6,11,15-16H,7-10H2,1-2H3. The summed E-state index contributed by atoms with van der Waals surface area (Å²) in [6.07, 6.45) is 3.59. The number of hydrogen-bond donors (Lipinski definition) is 2. The lowest BCUT2D eigenvalue weighted by Gasteiger charge is -2.37. The Kier molecular flexibility index (Phi) is 3.69. The minimum Gasteiger partial charge on any atom is -0.496 e. The van der Waals surface area contributed by atoms with Crippen molar-refractivity contribution in [3.05, 3.63) is 29.8 Å². The van der Waals surface area contributed by atoms with Crippen LogP contribution in [0.25, 0.3) is 0 Å². The van der Waals surface area contributed by atoms with Crippen LogP contribution in [0.5, 0.6) is 5.75 Å². The predicted molar refractivity (Wildman–Crippen MR) is 68.2 cm³/mol. The van der Waals surface area contributed by atoms with E-state index in [9.17, 15) is 5.11 Å². The summed E-state index contributed by atoms with van der Waals surface area (Å²) in [5, 5.41) is 14.0. The van der Waals surface area contributed by atoms with Crippen LogP contribution in [0, 0.1) is 0 Å². The summed E-state index contributed by atoms with van der Waals surface area (Å²) >= 11 is 0. The predicted octanol–water partition coefficient (Wildman–Crippen LogP) is 2.04. The van der Waals surface area contributed by atoms with Gasteiger partial charge in [0.15, 0.2) is 0 Å². The van der Waals surface area contributed by atoms with E-state index >= 15 is 0 Å². The van der Waals surface area contributed by atoms with Crippen molar-refractivity contribution >= 4 is 0 Å². The molecule has 3 heteroatoms. The second-order valence-corrected chi connectivity index (χ2v) is 4.79. The molecule has 1 fully saturated rings. The van der Waals surface area contributed by atoms with Gasteiger partial charge in [-0.15, -0.1) is 0 Å². The summed E-state index contributed by atoms with van der Waals surface area (Å²) in [6, 6.07) is 8.31. The van der Waals surface area contributed by atoms with Crippen LogP contribution in [-0.4, -0.2) is 25.3 Å². The molecular formula is C14H21NO2. The van der Waals surface area contributed by atoms with E-state index in [1.807, 2.05) is 31.3 Å². The monoisotopic (exact) mass is 235 g/mol. The highest BCUT2D eigenvalue weighted by Crippen LogP contribution is 2.40. The molecular weight excluding hydrogens is 214 g/mol. The number of benzene rings is 1. The van der Waals surface area contributed by atoms with Crippen molar-refractivity contribution < 1.29 is 9.84 Å². The van der Waals surface area contributed by atoms with Gasteiger partial charge in [-0.05, 0) is 38.8 Å². The molecule has 0 bridgehead atoms. The van der Waals surface area contributed by atoms with Gasteiger partial charge in [-0.1, -0.05) is 18.2 Å². The summed E-state index contributed by atoms with van der Waals surface area (Å²) in [4.78, 5) is 0. The zero-order valence-corrected chi connectivity index (χ0v) is 10.6. The Hall–Kier alpha value is -1.06. The number of aliphatic hydroxyl groups is 1. The van der Waals surface area contributed by atoms with Gasteiger partial charge >= 0.3 is 0 Å². The molecule has 0 radical (unpaired) electrons. The molecule has 94 valence electrons. The molecule has 1 aliphatic rings. The molecule has 0 amide bonds. The largest absolute Gasteiger partial charge is 0.496 e. The van der Waals surface area contributed by atoms with Crippen LogP contribution in [0.3, 0.4) is 0 Å². The van der Waals surface area contributed by atoms with Gasteiger partial charge in [-0.2, -0.15) is 0 Å². The minimum atomic E-state index is -0.722. The highest BCUT2D eigenvalue weighted by molar-refractivity contribution is 5.38. The number of nitrogens with one attached hydrogen (secondary N) is 1. The van der Waals surface area contributed by atoms with Crippen molar-refractivity contribution in [1.82, 2.24) is 5.32 Å². The molecule has 2 rings (SSSR count). The van der Waals surface area contributed by atoms with Crippen molar-refractivity contribution in [3.8, 4) is 5.75 Å². The summed E-state index contributed by atoms with van der Waals surface area (Å²) in [5.41, 5.74) is 0.206. The van der Waals surface area contributed by atoms with Crippen LogP contribution in [0.4, 0.5) is 0 Å². The first-order valence-corrected chi connectivity index (χ1v) is 6.23. The molecule has 0 spiro atoms.